The van der Waals surface area contributed by atoms with Crippen LogP contribution in [-0.2, 0) is 65.4 Å². The zero-order chi connectivity index (χ0) is 73.8. The van der Waals surface area contributed by atoms with Gasteiger partial charge in [0, 0.05) is 25.7 Å². The highest BCUT2D eigenvalue weighted by Crippen LogP contribution is 2.45. The van der Waals surface area contributed by atoms with Crippen LogP contribution in [-0.4, -0.2) is 96.7 Å². The summed E-state index contributed by atoms with van der Waals surface area (Å²) in [5, 5.41) is 10.6. The summed E-state index contributed by atoms with van der Waals surface area (Å²) in [6.07, 6.45) is 57.1. The number of esters is 4. The molecule has 0 saturated heterocycles. The molecule has 0 aromatic heterocycles. The molecule has 17 nitrogen and oxygen atoms in total. The monoisotopic (exact) mass is 1470 g/mol. The Labute approximate surface area is 613 Å². The third-order valence-corrected chi connectivity index (χ3v) is 21.1. The molecule has 0 saturated carbocycles. The Kier molecular flexibility index (Phi) is 68.7. The van der Waals surface area contributed by atoms with Gasteiger partial charge in [-0.3, -0.25) is 37.3 Å². The normalized spacial score (nSPS) is 14.3. The van der Waals surface area contributed by atoms with E-state index in [0.717, 1.165) is 114 Å². The van der Waals surface area contributed by atoms with Gasteiger partial charge in [0.25, 0.3) is 0 Å². The van der Waals surface area contributed by atoms with E-state index in [1.54, 1.807) is 0 Å². The van der Waals surface area contributed by atoms with Gasteiger partial charge in [-0.2, -0.15) is 0 Å². The molecule has 0 rings (SSSR count). The van der Waals surface area contributed by atoms with Crippen molar-refractivity contribution in [2.45, 2.75) is 433 Å². The van der Waals surface area contributed by atoms with E-state index in [1.807, 2.05) is 0 Å². The van der Waals surface area contributed by atoms with Crippen molar-refractivity contribution in [3.05, 3.63) is 0 Å². The minimum Gasteiger partial charge on any atom is -0.462 e. The van der Waals surface area contributed by atoms with Crippen LogP contribution >= 0.6 is 15.6 Å². The molecule has 0 radical (unpaired) electrons. The minimum absolute atomic E-state index is 0.106. The van der Waals surface area contributed by atoms with Crippen molar-refractivity contribution >= 4 is 39.5 Å². The molecule has 100 heavy (non-hydrogen) atoms. The van der Waals surface area contributed by atoms with Crippen LogP contribution in [0, 0.1) is 23.7 Å². The van der Waals surface area contributed by atoms with E-state index in [-0.39, 0.29) is 25.7 Å². The Hall–Kier alpha value is -1.94. The number of hydrogen-bond donors (Lipinski definition) is 3. The van der Waals surface area contributed by atoms with Crippen LogP contribution in [0.3, 0.4) is 0 Å². The molecule has 0 fully saturated rings. The molecule has 0 bridgehead atoms. The number of aliphatic hydroxyl groups excluding tert-OH is 1. The fraction of sp³-hybridized carbons (Fsp3) is 0.951. The van der Waals surface area contributed by atoms with Gasteiger partial charge in [0.05, 0.1) is 26.4 Å². The summed E-state index contributed by atoms with van der Waals surface area (Å²) in [4.78, 5) is 72.9. The summed E-state index contributed by atoms with van der Waals surface area (Å²) in [5.74, 6) is 0.978. The van der Waals surface area contributed by atoms with Gasteiger partial charge in [0.15, 0.2) is 12.2 Å². The molecular formula is C81H158O17P2. The maximum Gasteiger partial charge on any atom is 0.472 e. The predicted octanol–water partition coefficient (Wildman–Crippen LogP) is 24.0. The maximum absolute atomic E-state index is 13.1. The van der Waals surface area contributed by atoms with E-state index in [4.69, 9.17) is 37.0 Å². The fourth-order valence-electron chi connectivity index (χ4n) is 12.4. The standard InChI is InChI=1S/C81H158O17P2/c1-9-74(8)60-52-44-35-29-23-16-14-12-10-11-13-15-17-24-30-36-45-53-61-78(83)91-67-76(97-81(86)64-56-48-38-32-26-20-22-28-34-42-50-58-72(4)5)69-95-99(87,88)93-65-75(82)66-94-100(89,90)96-70-77(68-92-79(84)62-54-46-40-39-43-51-59-73(6)7)98-80(85)63-55-47-37-31-25-19-18-21-27-33-41-49-57-71(2)3/h71-77,82H,9-70H2,1-8H3,(H,87,88)(H,89,90)/t74?,75-,76-,77-/m1/s1. The van der Waals surface area contributed by atoms with Gasteiger partial charge in [-0.05, 0) is 49.4 Å². The Morgan fingerprint density at radius 2 is 0.480 bits per heavy atom. The van der Waals surface area contributed by atoms with Crippen LogP contribution < -0.4 is 0 Å². The third-order valence-electron chi connectivity index (χ3n) is 19.2. The van der Waals surface area contributed by atoms with E-state index in [9.17, 15) is 43.2 Å². The molecule has 0 aromatic carbocycles. The lowest BCUT2D eigenvalue weighted by Crippen LogP contribution is -2.30. The summed E-state index contributed by atoms with van der Waals surface area (Å²) >= 11 is 0. The van der Waals surface area contributed by atoms with Gasteiger partial charge in [-0.15, -0.1) is 0 Å². The molecule has 0 aromatic rings. The Bertz CT molecular complexity index is 1960. The summed E-state index contributed by atoms with van der Waals surface area (Å²) in [7, 11) is -9.92. The van der Waals surface area contributed by atoms with Crippen LogP contribution in [0.25, 0.3) is 0 Å². The largest absolute Gasteiger partial charge is 0.472 e. The molecule has 0 aliphatic heterocycles. The Morgan fingerprint density at radius 3 is 0.710 bits per heavy atom. The molecule has 3 N–H and O–H groups in total. The van der Waals surface area contributed by atoms with Crippen molar-refractivity contribution in [1.82, 2.24) is 0 Å². The SMILES string of the molecule is CCC(C)CCCCCCCCCCCCCCCCCCCCC(=O)OC[C@H](COP(=O)(O)OC[C@@H](O)COP(=O)(O)OC[C@@H](COC(=O)CCCCCCCCC(C)C)OC(=O)CCCCCCCCCCCCCCC(C)C)OC(=O)CCCCCCCCCCCCCC(C)C. The molecule has 594 valence electrons. The quantitative estimate of drug-likeness (QED) is 0.0222. The van der Waals surface area contributed by atoms with Crippen LogP contribution in [0.1, 0.15) is 415 Å². The van der Waals surface area contributed by atoms with Crippen molar-refractivity contribution < 1.29 is 80.2 Å². The fourth-order valence-corrected chi connectivity index (χ4v) is 14.0. The Morgan fingerprint density at radius 1 is 0.280 bits per heavy atom. The lowest BCUT2D eigenvalue weighted by atomic mass is 9.99. The van der Waals surface area contributed by atoms with Gasteiger partial charge in [-0.25, -0.2) is 9.13 Å². The first-order valence-electron chi connectivity index (χ1n) is 41.7. The first kappa shape index (κ1) is 98.1. The van der Waals surface area contributed by atoms with Crippen LogP contribution in [0.4, 0.5) is 0 Å². The third kappa shape index (κ3) is 73.0. The van der Waals surface area contributed by atoms with E-state index >= 15 is 0 Å². The zero-order valence-corrected chi connectivity index (χ0v) is 67.6. The highest BCUT2D eigenvalue weighted by atomic mass is 31.2. The Balaban J connectivity index is 5.18. The van der Waals surface area contributed by atoms with Crippen LogP contribution in [0.2, 0.25) is 0 Å². The number of carbonyl (C=O) groups excluding carboxylic acids is 4. The topological polar surface area (TPSA) is 237 Å². The predicted molar refractivity (Wildman–Crippen MR) is 409 cm³/mol. The van der Waals surface area contributed by atoms with Crippen LogP contribution in [0.5, 0.6) is 0 Å². The van der Waals surface area contributed by atoms with Crippen molar-refractivity contribution in [3.8, 4) is 0 Å². The molecule has 3 unspecified atom stereocenters. The second-order valence-corrected chi connectivity index (χ2v) is 33.7. The number of hydrogen-bond acceptors (Lipinski definition) is 15. The smallest absolute Gasteiger partial charge is 0.462 e. The number of carbonyl (C=O) groups is 4. The lowest BCUT2D eigenvalue weighted by Gasteiger charge is -2.21. The number of phosphoric ester groups is 2. The first-order valence-corrected chi connectivity index (χ1v) is 44.7. The number of rotatable bonds is 78. The maximum atomic E-state index is 13.1. The molecular weight excluding hydrogens is 1310 g/mol. The zero-order valence-electron chi connectivity index (χ0n) is 65.8. The highest BCUT2D eigenvalue weighted by Gasteiger charge is 2.30. The van der Waals surface area contributed by atoms with E-state index in [2.05, 4.69) is 55.4 Å². The molecule has 19 heteroatoms. The number of ether oxygens (including phenoxy) is 4. The second-order valence-electron chi connectivity index (χ2n) is 30.8. The van der Waals surface area contributed by atoms with Crippen molar-refractivity contribution in [1.29, 1.82) is 0 Å². The van der Waals surface area contributed by atoms with E-state index in [1.165, 1.54) is 212 Å². The number of phosphoric acid groups is 2. The summed E-state index contributed by atoms with van der Waals surface area (Å²) in [5.41, 5.74) is 0. The van der Waals surface area contributed by atoms with Crippen molar-refractivity contribution in [2.24, 2.45) is 23.7 Å². The molecule has 0 spiro atoms. The highest BCUT2D eigenvalue weighted by molar-refractivity contribution is 7.47. The average molecular weight is 1470 g/mol. The molecule has 6 atom stereocenters. The second kappa shape index (κ2) is 70.1. The van der Waals surface area contributed by atoms with E-state index < -0.39 is 97.5 Å². The summed E-state index contributed by atoms with van der Waals surface area (Å²) < 4.78 is 68.6. The van der Waals surface area contributed by atoms with E-state index in [0.29, 0.717) is 31.6 Å². The minimum atomic E-state index is -4.96. The van der Waals surface area contributed by atoms with Gasteiger partial charge in [-0.1, -0.05) is 364 Å². The van der Waals surface area contributed by atoms with Gasteiger partial charge in [0.1, 0.15) is 19.3 Å². The van der Waals surface area contributed by atoms with Crippen molar-refractivity contribution in [2.75, 3.05) is 39.6 Å². The van der Waals surface area contributed by atoms with Gasteiger partial charge < -0.3 is 33.8 Å². The van der Waals surface area contributed by atoms with Crippen molar-refractivity contribution in [3.63, 3.8) is 0 Å². The van der Waals surface area contributed by atoms with Gasteiger partial charge in [0.2, 0.25) is 0 Å². The molecule has 0 aliphatic rings. The first-order chi connectivity index (χ1) is 48.1. The molecule has 0 heterocycles. The lowest BCUT2D eigenvalue weighted by molar-refractivity contribution is -0.161. The summed E-state index contributed by atoms with van der Waals surface area (Å²) in [6.45, 7) is 14.2. The number of unbranched alkanes of at least 4 members (excludes halogenated alkanes) is 43. The molecule has 0 amide bonds. The van der Waals surface area contributed by atoms with Gasteiger partial charge >= 0.3 is 39.5 Å². The number of aliphatic hydroxyl groups is 1. The molecule has 0 aliphatic carbocycles. The average Bonchev–Trinajstić information content (AvgIpc) is 0.927. The summed E-state index contributed by atoms with van der Waals surface area (Å²) in [6, 6.07) is 0. The van der Waals surface area contributed by atoms with Crippen LogP contribution in [0.15, 0.2) is 0 Å².